The normalized spacial score (nSPS) is 13.8. The molecule has 21 heavy (non-hydrogen) atoms. The first-order valence-electron chi connectivity index (χ1n) is 7.19. The first-order valence-corrected chi connectivity index (χ1v) is 9.55. The van der Waals surface area contributed by atoms with E-state index < -0.39 is 10.0 Å². The molecule has 0 bridgehead atoms. The lowest BCUT2D eigenvalue weighted by Crippen LogP contribution is -2.33. The standard InChI is InChI=1S/C13H22N4O2S2/c1-3-4-5-6-7-10(2)16-21(18,19)12-11(14)15-13-17(12)8-9-20-13/h8-10,16H,3-7,14H2,1-2H3. The van der Waals surface area contributed by atoms with Gasteiger partial charge in [-0.25, -0.2) is 18.1 Å². The summed E-state index contributed by atoms with van der Waals surface area (Å²) >= 11 is 1.36. The molecule has 2 aromatic heterocycles. The van der Waals surface area contributed by atoms with Gasteiger partial charge in [-0.1, -0.05) is 32.6 Å². The molecule has 0 amide bonds. The number of sulfonamides is 1. The number of fused-ring (bicyclic) bond motifs is 1. The lowest BCUT2D eigenvalue weighted by atomic mass is 10.1. The molecule has 1 atom stereocenters. The Kier molecular flexibility index (Phi) is 5.23. The smallest absolute Gasteiger partial charge is 0.260 e. The molecule has 0 saturated carbocycles. The van der Waals surface area contributed by atoms with Crippen LogP contribution in [-0.2, 0) is 10.0 Å². The maximum atomic E-state index is 12.5. The number of imidazole rings is 1. The molecule has 1 unspecified atom stereocenters. The Bertz CT molecular complexity index is 690. The molecule has 0 spiro atoms. The first kappa shape index (κ1) is 16.3. The number of rotatable bonds is 8. The van der Waals surface area contributed by atoms with Crippen molar-refractivity contribution in [3.05, 3.63) is 11.6 Å². The quantitative estimate of drug-likeness (QED) is 0.728. The molecule has 2 heterocycles. The highest BCUT2D eigenvalue weighted by molar-refractivity contribution is 7.89. The molecule has 6 nitrogen and oxygen atoms in total. The summed E-state index contributed by atoms with van der Waals surface area (Å²) in [5, 5.41) is 1.83. The van der Waals surface area contributed by atoms with Crippen molar-refractivity contribution in [3.63, 3.8) is 0 Å². The lowest BCUT2D eigenvalue weighted by Gasteiger charge is -2.13. The molecule has 3 N–H and O–H groups in total. The number of hydrogen-bond donors (Lipinski definition) is 2. The molecule has 0 aliphatic rings. The van der Waals surface area contributed by atoms with Gasteiger partial charge >= 0.3 is 0 Å². The highest BCUT2D eigenvalue weighted by Crippen LogP contribution is 2.23. The van der Waals surface area contributed by atoms with Gasteiger partial charge < -0.3 is 5.73 Å². The Hall–Kier alpha value is -1.12. The van der Waals surface area contributed by atoms with E-state index in [4.69, 9.17) is 5.73 Å². The molecule has 8 heteroatoms. The van der Waals surface area contributed by atoms with E-state index in [0.29, 0.717) is 4.96 Å². The second-order valence-corrected chi connectivity index (χ2v) is 7.73. The maximum Gasteiger partial charge on any atom is 0.260 e. The molecular formula is C13H22N4O2S2. The van der Waals surface area contributed by atoms with Crippen molar-refractivity contribution in [2.24, 2.45) is 0 Å². The zero-order chi connectivity index (χ0) is 15.5. The van der Waals surface area contributed by atoms with Crippen molar-refractivity contribution in [3.8, 4) is 0 Å². The second kappa shape index (κ2) is 6.76. The number of aromatic nitrogens is 2. The Labute approximate surface area is 129 Å². The number of unbranched alkanes of at least 4 members (excludes halogenated alkanes) is 3. The van der Waals surface area contributed by atoms with Crippen molar-refractivity contribution in [2.75, 3.05) is 5.73 Å². The van der Waals surface area contributed by atoms with E-state index in [1.54, 1.807) is 11.6 Å². The predicted octanol–water partition coefficient (Wildman–Crippen LogP) is 2.62. The minimum absolute atomic E-state index is 0.0409. The molecule has 0 fully saturated rings. The van der Waals surface area contributed by atoms with Gasteiger partial charge in [-0.3, -0.25) is 4.40 Å². The highest BCUT2D eigenvalue weighted by Gasteiger charge is 2.25. The third-order valence-corrected chi connectivity index (χ3v) is 5.73. The van der Waals surface area contributed by atoms with Crippen LogP contribution in [0.1, 0.15) is 46.0 Å². The average molecular weight is 330 g/mol. The van der Waals surface area contributed by atoms with Crippen molar-refractivity contribution >= 4 is 32.1 Å². The van der Waals surface area contributed by atoms with Crippen LogP contribution in [0.15, 0.2) is 16.6 Å². The number of nitrogens with one attached hydrogen (secondary N) is 1. The minimum Gasteiger partial charge on any atom is -0.381 e. The van der Waals surface area contributed by atoms with Crippen molar-refractivity contribution in [1.29, 1.82) is 0 Å². The number of nitrogens with two attached hydrogens (primary N) is 1. The third-order valence-electron chi connectivity index (χ3n) is 3.35. The summed E-state index contributed by atoms with van der Waals surface area (Å²) in [4.78, 5) is 4.66. The van der Waals surface area contributed by atoms with E-state index in [0.717, 1.165) is 19.3 Å². The summed E-state index contributed by atoms with van der Waals surface area (Å²) in [6.45, 7) is 4.03. The number of hydrogen-bond acceptors (Lipinski definition) is 5. The van der Waals surface area contributed by atoms with Crippen molar-refractivity contribution < 1.29 is 8.42 Å². The molecule has 0 aliphatic carbocycles. The van der Waals surface area contributed by atoms with E-state index in [2.05, 4.69) is 16.6 Å². The molecule has 0 saturated heterocycles. The van der Waals surface area contributed by atoms with Crippen LogP contribution < -0.4 is 10.5 Å². The lowest BCUT2D eigenvalue weighted by molar-refractivity contribution is 0.520. The van der Waals surface area contributed by atoms with Gasteiger partial charge in [-0.15, -0.1) is 11.3 Å². The summed E-state index contributed by atoms with van der Waals surface area (Å²) in [5.41, 5.74) is 5.75. The van der Waals surface area contributed by atoms with Gasteiger partial charge in [-0.05, 0) is 13.3 Å². The molecule has 118 valence electrons. The fraction of sp³-hybridized carbons (Fsp3) is 0.615. The Balaban J connectivity index is 2.08. The number of anilines is 1. The summed E-state index contributed by atoms with van der Waals surface area (Å²) < 4.78 is 29.2. The third kappa shape index (κ3) is 3.75. The Morgan fingerprint density at radius 2 is 2.19 bits per heavy atom. The van der Waals surface area contributed by atoms with Crippen LogP contribution in [-0.4, -0.2) is 23.8 Å². The van der Waals surface area contributed by atoms with E-state index >= 15 is 0 Å². The molecule has 2 rings (SSSR count). The fourth-order valence-electron chi connectivity index (χ4n) is 2.31. The van der Waals surface area contributed by atoms with Gasteiger partial charge in [-0.2, -0.15) is 0 Å². The van der Waals surface area contributed by atoms with Crippen LogP contribution in [0.25, 0.3) is 4.96 Å². The highest BCUT2D eigenvalue weighted by atomic mass is 32.2. The Morgan fingerprint density at radius 1 is 1.43 bits per heavy atom. The summed E-state index contributed by atoms with van der Waals surface area (Å²) in [5.74, 6) is 0.0486. The Morgan fingerprint density at radius 3 is 2.90 bits per heavy atom. The van der Waals surface area contributed by atoms with Crippen LogP contribution >= 0.6 is 11.3 Å². The number of nitrogens with zero attached hydrogens (tertiary/aromatic N) is 2. The minimum atomic E-state index is -3.65. The van der Waals surface area contributed by atoms with E-state index in [-0.39, 0.29) is 16.9 Å². The van der Waals surface area contributed by atoms with Crippen molar-refractivity contribution in [2.45, 2.75) is 57.0 Å². The molecule has 2 aromatic rings. The largest absolute Gasteiger partial charge is 0.381 e. The molecule has 0 aromatic carbocycles. The van der Waals surface area contributed by atoms with Gasteiger partial charge in [0.15, 0.2) is 15.8 Å². The average Bonchev–Trinajstić information content (AvgIpc) is 2.93. The van der Waals surface area contributed by atoms with Crippen LogP contribution in [0.3, 0.4) is 0 Å². The van der Waals surface area contributed by atoms with Crippen LogP contribution in [0.5, 0.6) is 0 Å². The summed E-state index contributed by atoms with van der Waals surface area (Å²) in [7, 11) is -3.65. The van der Waals surface area contributed by atoms with Gasteiger partial charge in [0.1, 0.15) is 0 Å². The first-order chi connectivity index (χ1) is 9.95. The number of nitrogen functional groups attached to an aromatic ring is 1. The predicted molar refractivity (Wildman–Crippen MR) is 86.0 cm³/mol. The SMILES string of the molecule is CCCCCCC(C)NS(=O)(=O)c1c(N)nc2sccn12. The van der Waals surface area contributed by atoms with Gasteiger partial charge in [0.2, 0.25) is 0 Å². The topological polar surface area (TPSA) is 89.5 Å². The van der Waals surface area contributed by atoms with Gasteiger partial charge in [0.05, 0.1) is 0 Å². The van der Waals surface area contributed by atoms with E-state index in [9.17, 15) is 8.42 Å². The van der Waals surface area contributed by atoms with Crippen molar-refractivity contribution in [1.82, 2.24) is 14.1 Å². The number of thiazole rings is 1. The van der Waals surface area contributed by atoms with E-state index in [1.165, 1.54) is 28.6 Å². The summed E-state index contributed by atoms with van der Waals surface area (Å²) in [6, 6.07) is -0.115. The maximum absolute atomic E-state index is 12.5. The van der Waals surface area contributed by atoms with Gasteiger partial charge in [0.25, 0.3) is 10.0 Å². The van der Waals surface area contributed by atoms with Crippen LogP contribution in [0, 0.1) is 0 Å². The fourth-order valence-corrected chi connectivity index (χ4v) is 4.57. The van der Waals surface area contributed by atoms with Crippen LogP contribution in [0.2, 0.25) is 0 Å². The molecular weight excluding hydrogens is 308 g/mol. The zero-order valence-electron chi connectivity index (χ0n) is 12.4. The second-order valence-electron chi connectivity index (χ2n) is 5.23. The molecule has 0 aliphatic heterocycles. The summed E-state index contributed by atoms with van der Waals surface area (Å²) in [6.07, 6.45) is 7.00. The zero-order valence-corrected chi connectivity index (χ0v) is 14.0. The van der Waals surface area contributed by atoms with E-state index in [1.807, 2.05) is 6.92 Å². The monoisotopic (exact) mass is 330 g/mol. The van der Waals surface area contributed by atoms with Gasteiger partial charge in [0, 0.05) is 17.6 Å². The van der Waals surface area contributed by atoms with Crippen LogP contribution in [0.4, 0.5) is 5.82 Å². The molecule has 0 radical (unpaired) electrons.